The minimum absolute atomic E-state index is 0.0126. The van der Waals surface area contributed by atoms with Gasteiger partial charge >= 0.3 is 5.97 Å². The van der Waals surface area contributed by atoms with Crippen LogP contribution in [0.5, 0.6) is 5.75 Å². The topological polar surface area (TPSA) is 96.7 Å². The summed E-state index contributed by atoms with van der Waals surface area (Å²) in [4.78, 5) is 30.5. The molecule has 8 nitrogen and oxygen atoms in total. The average molecular weight is 519 g/mol. The molecule has 0 unspecified atom stereocenters. The molecule has 190 valence electrons. The molecule has 0 saturated carbocycles. The molecule has 2 N–H and O–H groups in total. The SMILES string of the molecule is Cc1cc(-n2ccnc(Nc3ccc(Cl)cc3OCC(F)F)c2=O)cc(C)c1CN1CC(C(=O)O)C1. The van der Waals surface area contributed by atoms with Crippen LogP contribution in [0.4, 0.5) is 20.3 Å². The monoisotopic (exact) mass is 518 g/mol. The molecule has 1 saturated heterocycles. The Labute approximate surface area is 211 Å². The Bertz CT molecular complexity index is 1320. The first-order valence-corrected chi connectivity index (χ1v) is 11.6. The van der Waals surface area contributed by atoms with E-state index in [1.807, 2.05) is 26.0 Å². The first-order valence-electron chi connectivity index (χ1n) is 11.2. The Kier molecular flexibility index (Phi) is 7.56. The number of likely N-dealkylation sites (tertiary alicyclic amines) is 1. The van der Waals surface area contributed by atoms with Gasteiger partial charge in [0.2, 0.25) is 0 Å². The van der Waals surface area contributed by atoms with Crippen molar-refractivity contribution in [3.8, 4) is 11.4 Å². The Hall–Kier alpha value is -3.50. The number of nitrogens with zero attached hydrogens (tertiary/aromatic N) is 3. The number of rotatable bonds is 9. The maximum Gasteiger partial charge on any atom is 0.309 e. The number of hydrogen-bond donors (Lipinski definition) is 2. The van der Waals surface area contributed by atoms with Crippen molar-refractivity contribution in [2.75, 3.05) is 25.0 Å². The number of halogens is 3. The number of carboxylic acids is 1. The highest BCUT2D eigenvalue weighted by Crippen LogP contribution is 2.30. The number of aromatic nitrogens is 2. The van der Waals surface area contributed by atoms with Crippen LogP contribution >= 0.6 is 11.6 Å². The summed E-state index contributed by atoms with van der Waals surface area (Å²) in [6, 6.07) is 8.23. The fourth-order valence-electron chi connectivity index (χ4n) is 4.14. The number of aliphatic carboxylic acids is 1. The molecular formula is C25H25ClF2N4O4. The third-order valence-corrected chi connectivity index (χ3v) is 6.28. The molecule has 1 aliphatic heterocycles. The maximum absolute atomic E-state index is 13.2. The summed E-state index contributed by atoms with van der Waals surface area (Å²) < 4.78 is 31.9. The molecule has 1 fully saturated rings. The number of alkyl halides is 2. The second-order valence-electron chi connectivity index (χ2n) is 8.71. The standard InChI is InChI=1S/C25H25ClF2N4O4/c1-14-7-18(8-15(2)19(14)12-31-10-16(11-31)25(34)35)32-6-5-29-23(24(32)33)30-20-4-3-17(26)9-21(20)36-13-22(27)28/h3-9,16,22H,10-13H2,1-2H3,(H,29,30)(H,34,35). The first-order chi connectivity index (χ1) is 17.1. The highest BCUT2D eigenvalue weighted by atomic mass is 35.5. The molecular weight excluding hydrogens is 494 g/mol. The molecule has 0 spiro atoms. The summed E-state index contributed by atoms with van der Waals surface area (Å²) in [6.07, 6.45) is 0.340. The summed E-state index contributed by atoms with van der Waals surface area (Å²) in [5.41, 5.74) is 3.52. The molecule has 11 heteroatoms. The van der Waals surface area contributed by atoms with Gasteiger partial charge in [0.25, 0.3) is 12.0 Å². The van der Waals surface area contributed by atoms with Crippen molar-refractivity contribution in [3.05, 3.63) is 74.8 Å². The van der Waals surface area contributed by atoms with E-state index in [1.54, 1.807) is 12.3 Å². The molecule has 3 aromatic rings. The highest BCUT2D eigenvalue weighted by molar-refractivity contribution is 6.30. The number of nitrogens with one attached hydrogen (secondary N) is 1. The van der Waals surface area contributed by atoms with Crippen molar-refractivity contribution in [3.63, 3.8) is 0 Å². The minimum Gasteiger partial charge on any atom is -0.485 e. The lowest BCUT2D eigenvalue weighted by atomic mass is 9.96. The van der Waals surface area contributed by atoms with E-state index in [2.05, 4.69) is 15.2 Å². The molecule has 0 radical (unpaired) electrons. The van der Waals surface area contributed by atoms with Gasteiger partial charge in [0, 0.05) is 48.8 Å². The van der Waals surface area contributed by atoms with Crippen molar-refractivity contribution in [1.29, 1.82) is 0 Å². The summed E-state index contributed by atoms with van der Waals surface area (Å²) in [5, 5.41) is 12.3. The van der Waals surface area contributed by atoms with Crippen LogP contribution in [-0.4, -0.2) is 51.6 Å². The number of benzene rings is 2. The molecule has 0 aliphatic carbocycles. The number of aryl methyl sites for hydroxylation is 2. The van der Waals surface area contributed by atoms with E-state index in [9.17, 15) is 18.4 Å². The van der Waals surface area contributed by atoms with Gasteiger partial charge in [-0.1, -0.05) is 11.6 Å². The fraction of sp³-hybridized carbons (Fsp3) is 0.320. The van der Waals surface area contributed by atoms with Crippen LogP contribution < -0.4 is 15.6 Å². The fourth-order valence-corrected chi connectivity index (χ4v) is 4.30. The van der Waals surface area contributed by atoms with Gasteiger partial charge in [-0.2, -0.15) is 0 Å². The molecule has 1 aliphatic rings. The van der Waals surface area contributed by atoms with Crippen molar-refractivity contribution >= 4 is 29.1 Å². The Morgan fingerprint density at radius 3 is 2.58 bits per heavy atom. The number of ether oxygens (including phenoxy) is 1. The van der Waals surface area contributed by atoms with Gasteiger partial charge in [-0.3, -0.25) is 19.1 Å². The molecule has 2 heterocycles. The van der Waals surface area contributed by atoms with Gasteiger partial charge in [-0.05, 0) is 54.8 Å². The largest absolute Gasteiger partial charge is 0.485 e. The van der Waals surface area contributed by atoms with Gasteiger partial charge in [-0.25, -0.2) is 13.8 Å². The van der Waals surface area contributed by atoms with E-state index in [0.717, 1.165) is 16.7 Å². The first kappa shape index (κ1) is 25.6. The second kappa shape index (κ2) is 10.6. The lowest BCUT2D eigenvalue weighted by Gasteiger charge is -2.37. The third-order valence-electron chi connectivity index (χ3n) is 6.05. The second-order valence-corrected chi connectivity index (χ2v) is 9.14. The predicted octanol–water partition coefficient (Wildman–Crippen LogP) is 4.41. The zero-order valence-corrected chi connectivity index (χ0v) is 20.4. The van der Waals surface area contributed by atoms with E-state index in [0.29, 0.717) is 30.3 Å². The number of carbonyl (C=O) groups is 1. The van der Waals surface area contributed by atoms with E-state index in [-0.39, 0.29) is 23.2 Å². The van der Waals surface area contributed by atoms with Crippen LogP contribution in [-0.2, 0) is 11.3 Å². The summed E-state index contributed by atoms with van der Waals surface area (Å²) in [5.74, 6) is -1.04. The van der Waals surface area contributed by atoms with Crippen LogP contribution in [0.15, 0.2) is 47.5 Å². The van der Waals surface area contributed by atoms with Gasteiger partial charge < -0.3 is 15.2 Å². The normalized spacial score (nSPS) is 14.1. The molecule has 0 bridgehead atoms. The Balaban J connectivity index is 1.58. The Morgan fingerprint density at radius 2 is 1.94 bits per heavy atom. The van der Waals surface area contributed by atoms with Gasteiger partial charge in [-0.15, -0.1) is 0 Å². The predicted molar refractivity (Wildman–Crippen MR) is 132 cm³/mol. The summed E-state index contributed by atoms with van der Waals surface area (Å²) >= 11 is 5.97. The van der Waals surface area contributed by atoms with E-state index >= 15 is 0 Å². The lowest BCUT2D eigenvalue weighted by molar-refractivity contribution is -0.147. The average Bonchev–Trinajstić information content (AvgIpc) is 2.78. The van der Waals surface area contributed by atoms with Gasteiger partial charge in [0.15, 0.2) is 5.82 Å². The van der Waals surface area contributed by atoms with Gasteiger partial charge in [0.05, 0.1) is 11.6 Å². The quantitative estimate of drug-likeness (QED) is 0.433. The zero-order valence-electron chi connectivity index (χ0n) is 19.7. The maximum atomic E-state index is 13.2. The number of carboxylic acid groups (broad SMARTS) is 1. The molecule has 36 heavy (non-hydrogen) atoms. The van der Waals surface area contributed by atoms with E-state index in [1.165, 1.54) is 22.9 Å². The Morgan fingerprint density at radius 1 is 1.25 bits per heavy atom. The zero-order chi connectivity index (χ0) is 26.0. The molecule has 4 rings (SSSR count). The van der Waals surface area contributed by atoms with E-state index in [4.69, 9.17) is 21.4 Å². The lowest BCUT2D eigenvalue weighted by Crippen LogP contribution is -2.49. The molecule has 1 aromatic heterocycles. The summed E-state index contributed by atoms with van der Waals surface area (Å²) in [7, 11) is 0. The summed E-state index contributed by atoms with van der Waals surface area (Å²) in [6.45, 7) is 4.75. The van der Waals surface area contributed by atoms with E-state index < -0.39 is 24.6 Å². The molecule has 0 atom stereocenters. The van der Waals surface area contributed by atoms with Crippen molar-refractivity contribution < 1.29 is 23.4 Å². The molecule has 0 amide bonds. The van der Waals surface area contributed by atoms with Crippen LogP contribution in [0.3, 0.4) is 0 Å². The van der Waals surface area contributed by atoms with Crippen molar-refractivity contribution in [1.82, 2.24) is 14.5 Å². The number of hydrogen-bond acceptors (Lipinski definition) is 6. The van der Waals surface area contributed by atoms with Crippen LogP contribution in [0.1, 0.15) is 16.7 Å². The number of anilines is 2. The highest BCUT2D eigenvalue weighted by Gasteiger charge is 2.32. The van der Waals surface area contributed by atoms with Crippen molar-refractivity contribution in [2.45, 2.75) is 26.8 Å². The van der Waals surface area contributed by atoms with Crippen molar-refractivity contribution in [2.24, 2.45) is 5.92 Å². The minimum atomic E-state index is -2.67. The van der Waals surface area contributed by atoms with Crippen LogP contribution in [0, 0.1) is 19.8 Å². The third kappa shape index (κ3) is 5.66. The van der Waals surface area contributed by atoms with Crippen LogP contribution in [0.25, 0.3) is 5.69 Å². The van der Waals surface area contributed by atoms with Gasteiger partial charge in [0.1, 0.15) is 12.4 Å². The molecule has 2 aromatic carbocycles. The smallest absolute Gasteiger partial charge is 0.309 e. The van der Waals surface area contributed by atoms with Crippen LogP contribution in [0.2, 0.25) is 5.02 Å².